The summed E-state index contributed by atoms with van der Waals surface area (Å²) in [6.45, 7) is 1.48. The highest BCUT2D eigenvalue weighted by Gasteiger charge is 2.25. The minimum atomic E-state index is -3.68. The van der Waals surface area contributed by atoms with Crippen LogP contribution in [0.2, 0.25) is 0 Å². The van der Waals surface area contributed by atoms with E-state index in [1.807, 2.05) is 0 Å². The summed E-state index contributed by atoms with van der Waals surface area (Å²) in [6, 6.07) is 4.61. The van der Waals surface area contributed by atoms with Gasteiger partial charge in [0.15, 0.2) is 11.5 Å². The van der Waals surface area contributed by atoms with E-state index in [4.69, 9.17) is 9.47 Å². The summed E-state index contributed by atoms with van der Waals surface area (Å²) in [7, 11) is -0.815. The Kier molecular flexibility index (Phi) is 5.23. The number of hydrogen-bond donors (Lipinski definition) is 2. The fourth-order valence-corrected chi connectivity index (χ4v) is 2.93. The molecule has 0 spiro atoms. The highest BCUT2D eigenvalue weighted by atomic mass is 32.2. The molecule has 2 heterocycles. The quantitative estimate of drug-likeness (QED) is 0.699. The predicted octanol–water partition coefficient (Wildman–Crippen LogP) is 1.45. The Bertz CT molecular complexity index is 1150. The second-order valence-corrected chi connectivity index (χ2v) is 7.44. The standard InChI is InChI=1S/C17H17N5O5S/c1-4-28(24,25)21-17-20-19-16(11-7-5-10-14(18-11)27-3)22(17)15-12(23)8-6-9-13(15)26-2/h6,8-10,23H,4H2,1-3H3,(H,20,21). The lowest BCUT2D eigenvalue weighted by Crippen LogP contribution is -2.18. The molecular formula is C17H17N5O5S. The first-order valence-corrected chi connectivity index (χ1v) is 9.72. The van der Waals surface area contributed by atoms with Crippen molar-refractivity contribution in [2.45, 2.75) is 6.92 Å². The molecule has 1 aromatic heterocycles. The second-order valence-electron chi connectivity index (χ2n) is 5.43. The number of aliphatic imine (C=N–C) groups is 1. The third-order valence-electron chi connectivity index (χ3n) is 3.74. The molecule has 3 rings (SSSR count). The van der Waals surface area contributed by atoms with Crippen LogP contribution in [-0.2, 0) is 14.8 Å². The van der Waals surface area contributed by atoms with Crippen LogP contribution < -0.4 is 9.46 Å². The van der Waals surface area contributed by atoms with Gasteiger partial charge in [0.1, 0.15) is 17.2 Å². The van der Waals surface area contributed by atoms with Crippen molar-refractivity contribution in [1.82, 2.24) is 14.8 Å². The number of nitrogens with zero attached hydrogens (tertiary/aromatic N) is 4. The maximum absolute atomic E-state index is 12.1. The SMILES string of the molecule is CCS(=O)(=O)Nc1nnc(C2=C=C=CC(OC)=N2)n1-c1c(O)cccc1OC. The molecular weight excluding hydrogens is 386 g/mol. The topological polar surface area (TPSA) is 128 Å². The van der Waals surface area contributed by atoms with E-state index in [-0.39, 0.29) is 46.3 Å². The molecule has 0 radical (unpaired) electrons. The lowest BCUT2D eigenvalue weighted by molar-refractivity contribution is 0.404. The number of rotatable bonds is 6. The van der Waals surface area contributed by atoms with Crippen molar-refractivity contribution in [3.05, 3.63) is 41.6 Å². The average molecular weight is 403 g/mol. The number of benzene rings is 1. The number of methoxy groups -OCH3 is 2. The van der Waals surface area contributed by atoms with Crippen LogP contribution in [0, 0.1) is 0 Å². The van der Waals surface area contributed by atoms with Gasteiger partial charge in [0, 0.05) is 0 Å². The lowest BCUT2D eigenvalue weighted by atomic mass is 10.2. The zero-order valence-electron chi connectivity index (χ0n) is 15.3. The Morgan fingerprint density at radius 3 is 2.71 bits per heavy atom. The molecule has 2 N–H and O–H groups in total. The predicted molar refractivity (Wildman–Crippen MR) is 102 cm³/mol. The molecule has 1 aliphatic rings. The molecule has 0 saturated heterocycles. The number of para-hydroxylation sites is 1. The zero-order valence-corrected chi connectivity index (χ0v) is 16.1. The smallest absolute Gasteiger partial charge is 0.243 e. The summed E-state index contributed by atoms with van der Waals surface area (Å²) in [5, 5.41) is 18.4. The first-order chi connectivity index (χ1) is 13.4. The van der Waals surface area contributed by atoms with Gasteiger partial charge in [0.05, 0.1) is 26.0 Å². The van der Waals surface area contributed by atoms with E-state index in [0.29, 0.717) is 0 Å². The maximum Gasteiger partial charge on any atom is 0.243 e. The van der Waals surface area contributed by atoms with Gasteiger partial charge in [-0.3, -0.25) is 9.29 Å². The van der Waals surface area contributed by atoms with Crippen LogP contribution in [0.15, 0.2) is 40.7 Å². The highest BCUT2D eigenvalue weighted by molar-refractivity contribution is 7.92. The molecule has 0 amide bonds. The molecule has 2 aromatic rings. The number of anilines is 1. The van der Waals surface area contributed by atoms with E-state index in [1.54, 1.807) is 12.1 Å². The van der Waals surface area contributed by atoms with Crippen molar-refractivity contribution < 1.29 is 23.0 Å². The first kappa shape index (κ1) is 19.2. The minimum absolute atomic E-state index is 0.101. The normalized spacial score (nSPS) is 13.1. The number of aromatic hydroxyl groups is 1. The van der Waals surface area contributed by atoms with Gasteiger partial charge in [-0.2, -0.15) is 0 Å². The summed E-state index contributed by atoms with van der Waals surface area (Å²) in [4.78, 5) is 4.23. The number of sulfonamides is 1. The molecule has 28 heavy (non-hydrogen) atoms. The zero-order chi connectivity index (χ0) is 20.3. The highest BCUT2D eigenvalue weighted by Crippen LogP contribution is 2.36. The van der Waals surface area contributed by atoms with Gasteiger partial charge in [-0.25, -0.2) is 13.4 Å². The van der Waals surface area contributed by atoms with Crippen molar-refractivity contribution in [3.63, 3.8) is 0 Å². The molecule has 11 heteroatoms. The number of ether oxygens (including phenoxy) is 2. The number of phenolic OH excluding ortho intramolecular Hbond substituents is 1. The fourth-order valence-electron chi connectivity index (χ4n) is 2.37. The summed E-state index contributed by atoms with van der Waals surface area (Å²) in [5.74, 6) is 0.125. The van der Waals surface area contributed by atoms with Crippen molar-refractivity contribution in [2.24, 2.45) is 4.99 Å². The Labute approximate surface area is 161 Å². The Balaban J connectivity index is 2.30. The van der Waals surface area contributed by atoms with E-state index in [0.717, 1.165) is 0 Å². The van der Waals surface area contributed by atoms with Crippen LogP contribution in [-0.4, -0.2) is 54.2 Å². The van der Waals surface area contributed by atoms with Crippen LogP contribution in [0.4, 0.5) is 5.95 Å². The maximum atomic E-state index is 12.1. The second kappa shape index (κ2) is 7.61. The first-order valence-electron chi connectivity index (χ1n) is 8.07. The average Bonchev–Trinajstić information content (AvgIpc) is 3.10. The summed E-state index contributed by atoms with van der Waals surface area (Å²) in [6.07, 6.45) is 1.48. The molecule has 0 fully saturated rings. The van der Waals surface area contributed by atoms with Gasteiger partial charge in [-0.05, 0) is 24.8 Å². The van der Waals surface area contributed by atoms with Gasteiger partial charge >= 0.3 is 0 Å². The van der Waals surface area contributed by atoms with E-state index in [2.05, 4.69) is 31.4 Å². The molecule has 0 bridgehead atoms. The number of hydrogen-bond acceptors (Lipinski definition) is 8. The largest absolute Gasteiger partial charge is 0.506 e. The van der Waals surface area contributed by atoms with E-state index in [1.165, 1.54) is 37.9 Å². The summed E-state index contributed by atoms with van der Waals surface area (Å²) < 4.78 is 38.2. The fraction of sp³-hybridized carbons (Fsp3) is 0.235. The molecule has 0 atom stereocenters. The van der Waals surface area contributed by atoms with E-state index in [9.17, 15) is 13.5 Å². The third-order valence-corrected chi connectivity index (χ3v) is 4.99. The molecule has 0 aliphatic carbocycles. The van der Waals surface area contributed by atoms with Crippen molar-refractivity contribution in [1.29, 1.82) is 0 Å². The summed E-state index contributed by atoms with van der Waals surface area (Å²) in [5.41, 5.74) is 5.84. The molecule has 10 nitrogen and oxygen atoms in total. The summed E-state index contributed by atoms with van der Waals surface area (Å²) >= 11 is 0. The molecule has 0 saturated carbocycles. The van der Waals surface area contributed by atoms with Gasteiger partial charge in [-0.15, -0.1) is 10.2 Å². The monoisotopic (exact) mass is 403 g/mol. The third kappa shape index (κ3) is 3.63. The molecule has 1 aromatic carbocycles. The Morgan fingerprint density at radius 2 is 2.04 bits per heavy atom. The van der Waals surface area contributed by atoms with Gasteiger partial charge < -0.3 is 14.6 Å². The van der Waals surface area contributed by atoms with Gasteiger partial charge in [-0.1, -0.05) is 11.8 Å². The van der Waals surface area contributed by atoms with Gasteiger partial charge in [0.2, 0.25) is 21.9 Å². The number of aromatic nitrogens is 3. The van der Waals surface area contributed by atoms with Gasteiger partial charge in [0.25, 0.3) is 0 Å². The van der Waals surface area contributed by atoms with Crippen LogP contribution in [0.3, 0.4) is 0 Å². The molecule has 1 aliphatic heterocycles. The number of phenols is 1. The Hall–Kier alpha value is -3.52. The molecule has 146 valence electrons. The van der Waals surface area contributed by atoms with E-state index >= 15 is 0 Å². The van der Waals surface area contributed by atoms with E-state index < -0.39 is 10.0 Å². The van der Waals surface area contributed by atoms with Crippen molar-refractivity contribution in [3.8, 4) is 17.2 Å². The Morgan fingerprint density at radius 1 is 1.25 bits per heavy atom. The van der Waals surface area contributed by atoms with Crippen LogP contribution in [0.5, 0.6) is 11.5 Å². The van der Waals surface area contributed by atoms with Crippen molar-refractivity contribution >= 4 is 27.6 Å². The van der Waals surface area contributed by atoms with Crippen LogP contribution in [0.1, 0.15) is 12.7 Å². The van der Waals surface area contributed by atoms with Crippen molar-refractivity contribution in [2.75, 3.05) is 24.7 Å². The number of nitrogens with one attached hydrogen (secondary N) is 1. The minimum Gasteiger partial charge on any atom is -0.506 e. The van der Waals surface area contributed by atoms with Crippen LogP contribution in [0.25, 0.3) is 11.4 Å². The lowest BCUT2D eigenvalue weighted by Gasteiger charge is -2.15. The van der Waals surface area contributed by atoms with Crippen LogP contribution >= 0.6 is 0 Å². The molecule has 0 unspecified atom stereocenters.